The number of aromatic hydroxyl groups is 4. The van der Waals surface area contributed by atoms with E-state index in [0.717, 1.165) is 0 Å². The van der Waals surface area contributed by atoms with Crippen LogP contribution in [0.15, 0.2) is 48.5 Å². The van der Waals surface area contributed by atoms with Crippen molar-refractivity contribution in [2.45, 2.75) is 139 Å². The molecule has 12 atom stereocenters. The molecular weight excluding hydrogens is 1110 g/mol. The minimum absolute atomic E-state index is 0.00573. The highest BCUT2D eigenvalue weighted by Crippen LogP contribution is 2.54. The van der Waals surface area contributed by atoms with Gasteiger partial charge in [-0.1, -0.05) is 48.5 Å². The third kappa shape index (κ3) is 11.2. The molecule has 0 aromatic heterocycles. The van der Waals surface area contributed by atoms with Crippen LogP contribution in [0.5, 0.6) is 23.0 Å². The van der Waals surface area contributed by atoms with Crippen LogP contribution in [-0.2, 0) is 55.2 Å². The van der Waals surface area contributed by atoms with E-state index in [4.69, 9.17) is 29.4 Å². The molecule has 2 aliphatic heterocycles. The van der Waals surface area contributed by atoms with E-state index >= 15 is 0 Å². The normalized spacial score (nSPS) is 29.5. The number of rotatable bonds is 12. The Kier molecular flexibility index (Phi) is 16.5. The standard InChI is InChI=1S/2C29H34NO10P/c1-13-28(38-12-41(3,4)37)18(30)9-20(39-13)40-19-11-29(36,14(2)31)10-17-21(19)27(35)23-22(26(17)34)24(32)15-7-5-6-8-16(15)25(23)33;1-13-24(32)18(30-12-41(3,4)38)9-20(39-13)40-19-11-29(37,14(2)31)10-17-21(19)28(36)23-22(27(17)35)25(33)15-7-5-6-8-16(15)26(23)34/h5-8,13,18-20,28,34-36H,9-12,30H2,1-4H3;5-8,13,18-20,24,30,32,35-37H,9-12H2,1-4H3/t13-,18-,19-,20-,28+,29-;13-,18-,19-,20-,24+,29-/m00/s1. The minimum atomic E-state index is -2.47. The van der Waals surface area contributed by atoms with Crippen LogP contribution in [0.1, 0.15) is 152 Å². The molecule has 2 saturated heterocycles. The lowest BCUT2D eigenvalue weighted by molar-refractivity contribution is -0.251. The minimum Gasteiger partial charge on any atom is -0.507 e. The molecule has 2 fully saturated rings. The summed E-state index contributed by atoms with van der Waals surface area (Å²) in [4.78, 5) is 78.8. The largest absolute Gasteiger partial charge is 0.507 e. The molecule has 6 aliphatic rings. The molecular formula is C58H68N2O20P2. The van der Waals surface area contributed by atoms with Crippen molar-refractivity contribution >= 4 is 49.0 Å². The molecule has 4 aromatic carbocycles. The lowest BCUT2D eigenvalue weighted by atomic mass is 9.72. The third-order valence-electron chi connectivity index (χ3n) is 16.2. The second-order valence-corrected chi connectivity index (χ2v) is 30.2. The predicted molar refractivity (Wildman–Crippen MR) is 294 cm³/mol. The summed E-state index contributed by atoms with van der Waals surface area (Å²) in [5.74, 6) is -6.20. The zero-order valence-corrected chi connectivity index (χ0v) is 48.2. The molecule has 0 radical (unpaired) electrons. The van der Waals surface area contributed by atoms with Crippen molar-refractivity contribution in [1.29, 1.82) is 0 Å². The second-order valence-electron chi connectivity index (χ2n) is 23.3. The number of carbonyl (C=O) groups excluding carboxylic acids is 6. The van der Waals surface area contributed by atoms with Crippen molar-refractivity contribution in [2.24, 2.45) is 5.73 Å². The maximum atomic E-state index is 13.5. The van der Waals surface area contributed by atoms with E-state index in [1.54, 1.807) is 64.8 Å². The number of ketones is 6. The molecule has 0 bridgehead atoms. The Morgan fingerprint density at radius 1 is 0.634 bits per heavy atom. The highest BCUT2D eigenvalue weighted by atomic mass is 31.2. The zero-order chi connectivity index (χ0) is 60.0. The van der Waals surface area contributed by atoms with E-state index in [0.29, 0.717) is 0 Å². The van der Waals surface area contributed by atoms with Crippen molar-refractivity contribution in [2.75, 3.05) is 39.3 Å². The predicted octanol–water partition coefficient (Wildman–Crippen LogP) is 4.86. The molecule has 0 saturated carbocycles. The number of Topliss-reactive ketones (excluding diaryl/α,β-unsaturated/α-hetero) is 2. The van der Waals surface area contributed by atoms with Crippen LogP contribution in [0.4, 0.5) is 0 Å². The average Bonchev–Trinajstić information content (AvgIpc) is 3.04. The maximum absolute atomic E-state index is 13.5. The van der Waals surface area contributed by atoms with E-state index < -0.39 is 163 Å². The monoisotopic (exact) mass is 1170 g/mol. The molecule has 24 heteroatoms. The molecule has 82 heavy (non-hydrogen) atoms. The van der Waals surface area contributed by atoms with Crippen LogP contribution < -0.4 is 11.1 Å². The van der Waals surface area contributed by atoms with E-state index in [9.17, 15) is 73.6 Å². The molecule has 10 N–H and O–H groups in total. The highest BCUT2D eigenvalue weighted by Gasteiger charge is 2.52. The van der Waals surface area contributed by atoms with Gasteiger partial charge in [0.05, 0.1) is 72.4 Å². The van der Waals surface area contributed by atoms with Crippen molar-refractivity contribution in [3.63, 3.8) is 0 Å². The van der Waals surface area contributed by atoms with Gasteiger partial charge in [0, 0.05) is 101 Å². The summed E-state index contributed by atoms with van der Waals surface area (Å²) in [5, 5.41) is 82.0. The highest BCUT2D eigenvalue weighted by molar-refractivity contribution is 7.62. The fourth-order valence-electron chi connectivity index (χ4n) is 11.9. The first kappa shape index (κ1) is 60.7. The Bertz CT molecular complexity index is 3430. The number of aliphatic hydroxyl groups excluding tert-OH is 1. The molecule has 22 nitrogen and oxygen atoms in total. The summed E-state index contributed by atoms with van der Waals surface area (Å²) in [7, 11) is -4.93. The molecule has 4 aromatic rings. The average molecular weight is 1180 g/mol. The SMILES string of the molecule is CC(=O)[C@]1(O)Cc2c(O)c3c(c(O)c2[C@@H](O[C@H]2C[C@H](N)[C@H](OCP(C)(C)=O)[C@H](C)O2)C1)C(=O)c1ccccc1C3=O.CC(=O)[C@]1(O)Cc2c(O)c3c(c(O)c2[C@@H](O[C@H]2C[C@H](NCP(C)(C)=O)[C@H](O)[C@H](C)O2)C1)C(=O)c1ccccc1C3=O. The summed E-state index contributed by atoms with van der Waals surface area (Å²) in [5.41, 5.74) is 0.973. The summed E-state index contributed by atoms with van der Waals surface area (Å²) in [6, 6.07) is 11.0. The number of hydrogen-bond donors (Lipinski definition) is 9. The van der Waals surface area contributed by atoms with Crippen molar-refractivity contribution in [1.82, 2.24) is 5.32 Å². The number of ether oxygens (including phenoxy) is 5. The van der Waals surface area contributed by atoms with Gasteiger partial charge >= 0.3 is 0 Å². The fraction of sp³-hybridized carbons (Fsp3) is 0.483. The van der Waals surface area contributed by atoms with Crippen molar-refractivity contribution in [3.05, 3.63) is 115 Å². The van der Waals surface area contributed by atoms with Gasteiger partial charge in [-0.3, -0.25) is 28.8 Å². The van der Waals surface area contributed by atoms with Gasteiger partial charge in [0.15, 0.2) is 47.3 Å². The summed E-state index contributed by atoms with van der Waals surface area (Å²) < 4.78 is 54.5. The Morgan fingerprint density at radius 3 is 1.38 bits per heavy atom. The first-order chi connectivity index (χ1) is 38.3. The van der Waals surface area contributed by atoms with Crippen LogP contribution in [0.25, 0.3) is 0 Å². The van der Waals surface area contributed by atoms with E-state index in [-0.39, 0.29) is 99.5 Å². The Morgan fingerprint density at radius 2 is 1.01 bits per heavy atom. The molecule has 4 aliphatic carbocycles. The number of fused-ring (bicyclic) bond motifs is 6. The van der Waals surface area contributed by atoms with Gasteiger partial charge in [0.1, 0.15) is 41.3 Å². The lowest BCUT2D eigenvalue weighted by Crippen LogP contribution is -2.54. The smallest absolute Gasteiger partial charge is 0.198 e. The van der Waals surface area contributed by atoms with Gasteiger partial charge in [-0.2, -0.15) is 0 Å². The number of nitrogens with two attached hydrogens (primary N) is 1. The quantitative estimate of drug-likeness (QED) is 0.0583. The van der Waals surface area contributed by atoms with Crippen LogP contribution in [-0.4, -0.2) is 170 Å². The molecule has 0 unspecified atom stereocenters. The van der Waals surface area contributed by atoms with E-state index in [1.165, 1.54) is 38.1 Å². The second kappa shape index (κ2) is 22.3. The fourth-order valence-corrected chi connectivity index (χ4v) is 13.1. The number of hydrogen-bond acceptors (Lipinski definition) is 22. The molecule has 440 valence electrons. The van der Waals surface area contributed by atoms with Gasteiger partial charge in [-0.25, -0.2) is 0 Å². The van der Waals surface area contributed by atoms with E-state index in [1.807, 2.05) is 0 Å². The summed E-state index contributed by atoms with van der Waals surface area (Å²) in [6.45, 7) is 12.2. The number of benzene rings is 4. The Balaban J connectivity index is 0.000000198. The molecule has 10 rings (SSSR count). The first-order valence-corrected chi connectivity index (χ1v) is 32.4. The third-order valence-corrected chi connectivity index (χ3v) is 17.9. The topological polar surface area (TPSA) is 362 Å². The van der Waals surface area contributed by atoms with Gasteiger partial charge in [-0.05, 0) is 54.4 Å². The van der Waals surface area contributed by atoms with Gasteiger partial charge in [-0.15, -0.1) is 0 Å². The van der Waals surface area contributed by atoms with Gasteiger partial charge < -0.3 is 79.6 Å². The number of phenolic OH excluding ortho intramolecular Hbond substituents is 4. The summed E-state index contributed by atoms with van der Waals surface area (Å²) >= 11 is 0. The van der Waals surface area contributed by atoms with Crippen molar-refractivity contribution in [3.8, 4) is 23.0 Å². The number of phenols is 4. The first-order valence-electron chi connectivity index (χ1n) is 26.8. The van der Waals surface area contributed by atoms with Crippen LogP contribution in [0.3, 0.4) is 0 Å². The van der Waals surface area contributed by atoms with Crippen molar-refractivity contribution < 1.29 is 97.3 Å². The summed E-state index contributed by atoms with van der Waals surface area (Å²) in [6.07, 6.45) is -8.27. The number of carbonyl (C=O) groups is 6. The number of nitrogens with one attached hydrogen (secondary N) is 1. The molecule has 0 spiro atoms. The van der Waals surface area contributed by atoms with Gasteiger partial charge in [0.2, 0.25) is 0 Å². The number of aliphatic hydroxyl groups is 3. The zero-order valence-electron chi connectivity index (χ0n) is 46.5. The lowest BCUT2D eigenvalue weighted by Gasteiger charge is -2.43. The molecule has 2 heterocycles. The van der Waals surface area contributed by atoms with Crippen LogP contribution in [0.2, 0.25) is 0 Å². The Labute approximate surface area is 472 Å². The van der Waals surface area contributed by atoms with Crippen LogP contribution >= 0.6 is 14.3 Å². The van der Waals surface area contributed by atoms with Crippen LogP contribution in [0, 0.1) is 0 Å². The van der Waals surface area contributed by atoms with Gasteiger partial charge in [0.25, 0.3) is 0 Å². The molecule has 0 amide bonds. The van der Waals surface area contributed by atoms with E-state index in [2.05, 4.69) is 5.32 Å². The maximum Gasteiger partial charge on any atom is 0.198 e. The Hall–Kier alpha value is -5.84.